The number of aliphatic hydroxyl groups is 3. The number of aliphatic hydroxyl groups excluding tert-OH is 2. The Kier molecular flexibility index (Phi) is 4.72. The van der Waals surface area contributed by atoms with E-state index >= 15 is 0 Å². The minimum atomic E-state index is -1.53. The number of fused-ring (bicyclic) bond motifs is 5. The lowest BCUT2D eigenvalue weighted by Gasteiger charge is -2.59. The van der Waals surface area contributed by atoms with Gasteiger partial charge in [0.1, 0.15) is 12.2 Å². The van der Waals surface area contributed by atoms with Crippen LogP contribution in [-0.2, 0) is 4.79 Å². The zero-order chi connectivity index (χ0) is 20.3. The van der Waals surface area contributed by atoms with E-state index in [0.29, 0.717) is 12.8 Å². The predicted molar refractivity (Wildman–Crippen MR) is 108 cm³/mol. The molecule has 0 aromatic rings. The summed E-state index contributed by atoms with van der Waals surface area (Å²) >= 11 is 0. The lowest BCUT2D eigenvalue weighted by molar-refractivity contribution is -0.178. The molecule has 0 amide bonds. The zero-order valence-corrected chi connectivity index (χ0v) is 17.2. The van der Waals surface area contributed by atoms with Crippen molar-refractivity contribution >= 4 is 11.5 Å². The molecule has 3 N–H and O–H groups in total. The summed E-state index contributed by atoms with van der Waals surface area (Å²) in [6.07, 6.45) is 9.37. The van der Waals surface area contributed by atoms with Gasteiger partial charge in [0, 0.05) is 23.3 Å². The second kappa shape index (κ2) is 6.61. The van der Waals surface area contributed by atoms with Crippen LogP contribution in [0.2, 0.25) is 0 Å². The van der Waals surface area contributed by atoms with Crippen molar-refractivity contribution in [3.63, 3.8) is 0 Å². The van der Waals surface area contributed by atoms with Crippen LogP contribution in [-0.4, -0.2) is 51.7 Å². The lowest BCUT2D eigenvalue weighted by atomic mass is 9.46. The molecule has 0 aromatic carbocycles. The molecule has 4 aliphatic carbocycles. The molecule has 0 spiro atoms. The van der Waals surface area contributed by atoms with Gasteiger partial charge in [0.25, 0.3) is 0 Å². The zero-order valence-electron chi connectivity index (χ0n) is 17.2. The number of hydrogen-bond donors (Lipinski definition) is 3. The van der Waals surface area contributed by atoms with Gasteiger partial charge in [0.05, 0.1) is 11.8 Å². The van der Waals surface area contributed by atoms with Crippen LogP contribution in [0.5, 0.6) is 0 Å². The third-order valence-corrected chi connectivity index (χ3v) is 8.61. The molecule has 0 aliphatic heterocycles. The van der Waals surface area contributed by atoms with Crippen molar-refractivity contribution in [3.8, 4) is 0 Å². The number of allylic oxidation sites excluding steroid dienone is 4. The molecule has 3 fully saturated rings. The van der Waals surface area contributed by atoms with Gasteiger partial charge in [-0.05, 0) is 63.0 Å². The fourth-order valence-electron chi connectivity index (χ4n) is 7.21. The number of rotatable bonds is 3. The first-order valence-corrected chi connectivity index (χ1v) is 10.7. The van der Waals surface area contributed by atoms with Crippen LogP contribution in [0.1, 0.15) is 52.9 Å². The van der Waals surface area contributed by atoms with E-state index in [0.717, 1.165) is 31.5 Å². The van der Waals surface area contributed by atoms with Gasteiger partial charge in [-0.2, -0.15) is 0 Å². The van der Waals surface area contributed by atoms with Crippen LogP contribution in [0, 0.1) is 28.6 Å². The monoisotopic (exact) mass is 387 g/mol. The number of carbonyl (C=O) groups excluding carboxylic acids is 1. The molecule has 3 unspecified atom stereocenters. The highest BCUT2D eigenvalue weighted by atomic mass is 16.3. The van der Waals surface area contributed by atoms with Crippen LogP contribution in [0.15, 0.2) is 28.8 Å². The Bertz CT molecular complexity index is 771. The van der Waals surface area contributed by atoms with E-state index in [2.05, 4.69) is 30.1 Å². The average Bonchev–Trinajstić information content (AvgIpc) is 2.93. The second-order valence-corrected chi connectivity index (χ2v) is 9.69. The summed E-state index contributed by atoms with van der Waals surface area (Å²) in [4.78, 5) is 17.0. The normalized spacial score (nSPS) is 48.6. The third-order valence-electron chi connectivity index (χ3n) is 8.61. The summed E-state index contributed by atoms with van der Waals surface area (Å²) in [5, 5.41) is 32.0. The minimum absolute atomic E-state index is 0.0802. The molecule has 0 radical (unpaired) electrons. The Labute approximate surface area is 167 Å². The summed E-state index contributed by atoms with van der Waals surface area (Å²) in [5.41, 5.74) is -0.0761. The predicted octanol–water partition coefficient (Wildman–Crippen LogP) is 2.45. The standard InChI is InChI=1S/C23H33NO4/c1-4-24-15-7-9-21(2)14(11-15)5-6-16-17-8-10-23(28,19(27)13-25)22(17,3)12-18(26)20(16)21/h7,9,11,16-18,20,25-26,28H,4-6,8,10,12-13H2,1-3H3/t16?,17?,18-,20?,21-,22-,23-/m0/s1. The molecule has 28 heavy (non-hydrogen) atoms. The van der Waals surface area contributed by atoms with Gasteiger partial charge in [0.15, 0.2) is 5.78 Å². The smallest absolute Gasteiger partial charge is 0.190 e. The minimum Gasteiger partial charge on any atom is -0.393 e. The highest BCUT2D eigenvalue weighted by molar-refractivity contribution is 6.05. The maximum absolute atomic E-state index is 12.4. The molecule has 5 nitrogen and oxygen atoms in total. The largest absolute Gasteiger partial charge is 0.393 e. The Morgan fingerprint density at radius 1 is 1.32 bits per heavy atom. The van der Waals surface area contributed by atoms with Crippen molar-refractivity contribution < 1.29 is 20.1 Å². The number of ketones is 1. The Morgan fingerprint density at radius 3 is 2.75 bits per heavy atom. The Morgan fingerprint density at radius 2 is 2.07 bits per heavy atom. The summed E-state index contributed by atoms with van der Waals surface area (Å²) < 4.78 is 0. The van der Waals surface area contributed by atoms with Crippen molar-refractivity contribution in [2.24, 2.45) is 33.6 Å². The van der Waals surface area contributed by atoms with Gasteiger partial charge in [0.2, 0.25) is 0 Å². The van der Waals surface area contributed by atoms with Gasteiger partial charge in [-0.25, -0.2) is 0 Å². The first-order valence-electron chi connectivity index (χ1n) is 10.7. The summed E-state index contributed by atoms with van der Waals surface area (Å²) in [6.45, 7) is 6.32. The highest BCUT2D eigenvalue weighted by Gasteiger charge is 2.67. The van der Waals surface area contributed by atoms with Crippen molar-refractivity contribution in [1.29, 1.82) is 0 Å². The van der Waals surface area contributed by atoms with Crippen LogP contribution in [0.4, 0.5) is 0 Å². The fourth-order valence-corrected chi connectivity index (χ4v) is 7.21. The molecule has 4 rings (SSSR count). The van der Waals surface area contributed by atoms with E-state index in [1.165, 1.54) is 5.57 Å². The molecule has 3 saturated carbocycles. The molecule has 5 heteroatoms. The molecular weight excluding hydrogens is 354 g/mol. The number of aliphatic imine (C=N–C) groups is 1. The molecule has 7 atom stereocenters. The molecule has 154 valence electrons. The van der Waals surface area contributed by atoms with Gasteiger partial charge in [-0.1, -0.05) is 25.5 Å². The number of Topliss-reactive ketones (excluding diaryl/α,β-unsaturated/α-hetero) is 1. The topological polar surface area (TPSA) is 90.1 Å². The molecule has 4 aliphatic rings. The highest BCUT2D eigenvalue weighted by Crippen LogP contribution is 2.67. The van der Waals surface area contributed by atoms with Gasteiger partial charge < -0.3 is 15.3 Å². The summed E-state index contributed by atoms with van der Waals surface area (Å²) in [6, 6.07) is 0. The van der Waals surface area contributed by atoms with Crippen molar-refractivity contribution in [2.75, 3.05) is 13.2 Å². The number of hydrogen-bond acceptors (Lipinski definition) is 5. The van der Waals surface area contributed by atoms with E-state index in [-0.39, 0.29) is 23.2 Å². The Balaban J connectivity index is 1.71. The number of nitrogens with zero attached hydrogens (tertiary/aromatic N) is 1. The van der Waals surface area contributed by atoms with E-state index in [4.69, 9.17) is 0 Å². The molecule has 0 saturated heterocycles. The third kappa shape index (κ3) is 2.49. The lowest BCUT2D eigenvalue weighted by Crippen LogP contribution is -2.61. The van der Waals surface area contributed by atoms with Crippen LogP contribution < -0.4 is 0 Å². The van der Waals surface area contributed by atoms with E-state index in [1.807, 2.05) is 13.8 Å². The molecule has 0 bridgehead atoms. The van der Waals surface area contributed by atoms with Crippen molar-refractivity contribution in [2.45, 2.75) is 64.6 Å². The maximum Gasteiger partial charge on any atom is 0.190 e. The van der Waals surface area contributed by atoms with Gasteiger partial charge >= 0.3 is 0 Å². The maximum atomic E-state index is 12.4. The quantitative estimate of drug-likeness (QED) is 0.694. The molecule has 0 heterocycles. The first kappa shape index (κ1) is 20.0. The van der Waals surface area contributed by atoms with E-state index in [9.17, 15) is 20.1 Å². The van der Waals surface area contributed by atoms with Crippen LogP contribution in [0.25, 0.3) is 0 Å². The SMILES string of the molecule is CCN=C1C=C[C@@]2(C)C(=C1)CCC1C2[C@@H](O)C[C@@]2(C)C1CC[C@]2(O)C(=O)CO. The van der Waals surface area contributed by atoms with E-state index in [1.54, 1.807) is 0 Å². The number of carbonyl (C=O) groups is 1. The second-order valence-electron chi connectivity index (χ2n) is 9.69. The van der Waals surface area contributed by atoms with Crippen LogP contribution >= 0.6 is 0 Å². The van der Waals surface area contributed by atoms with E-state index < -0.39 is 29.5 Å². The van der Waals surface area contributed by atoms with Crippen molar-refractivity contribution in [1.82, 2.24) is 0 Å². The first-order chi connectivity index (χ1) is 13.2. The van der Waals surface area contributed by atoms with Crippen LogP contribution in [0.3, 0.4) is 0 Å². The fraction of sp³-hybridized carbons (Fsp3) is 0.739. The average molecular weight is 388 g/mol. The van der Waals surface area contributed by atoms with Crippen molar-refractivity contribution in [3.05, 3.63) is 23.8 Å². The molecule has 0 aromatic heterocycles. The Hall–Kier alpha value is -1.30. The summed E-state index contributed by atoms with van der Waals surface area (Å²) in [5.74, 6) is 0.0185. The summed E-state index contributed by atoms with van der Waals surface area (Å²) in [7, 11) is 0. The van der Waals surface area contributed by atoms with Gasteiger partial charge in [-0.15, -0.1) is 0 Å². The van der Waals surface area contributed by atoms with Gasteiger partial charge in [-0.3, -0.25) is 9.79 Å². The molecular formula is C23H33NO4.